The molecular weight excluding hydrogens is 253 g/mol. The van der Waals surface area contributed by atoms with Gasteiger partial charge < -0.3 is 9.73 Å². The van der Waals surface area contributed by atoms with Crippen molar-refractivity contribution in [2.24, 2.45) is 0 Å². The molecule has 0 atom stereocenters. The average molecular weight is 268 g/mol. The van der Waals surface area contributed by atoms with Gasteiger partial charge in [0.25, 0.3) is 0 Å². The van der Waals surface area contributed by atoms with Gasteiger partial charge in [-0.25, -0.2) is 4.39 Å². The van der Waals surface area contributed by atoms with Gasteiger partial charge in [0.1, 0.15) is 11.6 Å². The molecule has 18 heavy (non-hydrogen) atoms. The van der Waals surface area contributed by atoms with Gasteiger partial charge >= 0.3 is 0 Å². The maximum absolute atomic E-state index is 13.1. The summed E-state index contributed by atoms with van der Waals surface area (Å²) in [7, 11) is 0. The van der Waals surface area contributed by atoms with Crippen LogP contribution >= 0.6 is 11.6 Å². The third-order valence-corrected chi connectivity index (χ3v) is 2.98. The van der Waals surface area contributed by atoms with Gasteiger partial charge in [0.15, 0.2) is 0 Å². The van der Waals surface area contributed by atoms with Gasteiger partial charge in [0.05, 0.1) is 17.8 Å². The highest BCUT2D eigenvalue weighted by Crippen LogP contribution is 2.28. The summed E-state index contributed by atoms with van der Waals surface area (Å²) in [6, 6.07) is 6.56. The Balaban J connectivity index is 2.22. The number of nitrogens with one attached hydrogen (secondary N) is 1. The predicted octanol–water partition coefficient (Wildman–Crippen LogP) is 4.24. The molecule has 0 saturated heterocycles. The first-order valence-corrected chi connectivity index (χ1v) is 6.32. The van der Waals surface area contributed by atoms with Crippen LogP contribution in [0.2, 0.25) is 5.02 Å². The number of halogens is 2. The van der Waals surface area contributed by atoms with E-state index in [1.165, 1.54) is 6.07 Å². The summed E-state index contributed by atoms with van der Waals surface area (Å²) in [6.07, 6.45) is 2.70. The van der Waals surface area contributed by atoms with Crippen LogP contribution in [0.1, 0.15) is 19.1 Å². The molecular formula is C14H15ClFNO. The summed E-state index contributed by atoms with van der Waals surface area (Å²) >= 11 is 5.79. The summed E-state index contributed by atoms with van der Waals surface area (Å²) < 4.78 is 18.6. The van der Waals surface area contributed by atoms with E-state index in [1.54, 1.807) is 18.4 Å². The van der Waals surface area contributed by atoms with Crippen LogP contribution in [-0.2, 0) is 6.54 Å². The average Bonchev–Trinajstić information content (AvgIpc) is 2.81. The molecule has 2 aromatic rings. The topological polar surface area (TPSA) is 25.2 Å². The van der Waals surface area contributed by atoms with E-state index in [0.29, 0.717) is 6.54 Å². The Morgan fingerprint density at radius 3 is 2.89 bits per heavy atom. The molecule has 0 aliphatic rings. The Kier molecular flexibility index (Phi) is 4.39. The standard InChI is InChI=1S/C14H15ClFNO/c1-2-6-17-9-14-11(5-7-18-14)10-3-4-13(16)12(15)8-10/h3-5,7-8,17H,2,6,9H2,1H3. The highest BCUT2D eigenvalue weighted by atomic mass is 35.5. The van der Waals surface area contributed by atoms with Crippen molar-refractivity contribution in [3.63, 3.8) is 0 Å². The van der Waals surface area contributed by atoms with Crippen molar-refractivity contribution in [3.8, 4) is 11.1 Å². The lowest BCUT2D eigenvalue weighted by atomic mass is 10.1. The van der Waals surface area contributed by atoms with Crippen LogP contribution < -0.4 is 5.32 Å². The van der Waals surface area contributed by atoms with Crippen molar-refractivity contribution in [2.75, 3.05) is 6.54 Å². The summed E-state index contributed by atoms with van der Waals surface area (Å²) in [5, 5.41) is 3.40. The van der Waals surface area contributed by atoms with Gasteiger partial charge in [-0.15, -0.1) is 0 Å². The van der Waals surface area contributed by atoms with Crippen molar-refractivity contribution in [1.82, 2.24) is 5.32 Å². The summed E-state index contributed by atoms with van der Waals surface area (Å²) in [5.41, 5.74) is 1.81. The van der Waals surface area contributed by atoms with E-state index in [-0.39, 0.29) is 5.02 Å². The number of benzene rings is 1. The van der Waals surface area contributed by atoms with Gasteiger partial charge in [-0.3, -0.25) is 0 Å². The maximum atomic E-state index is 13.1. The number of hydrogen-bond acceptors (Lipinski definition) is 2. The molecule has 1 N–H and O–H groups in total. The van der Waals surface area contributed by atoms with Crippen LogP contribution in [0, 0.1) is 5.82 Å². The van der Waals surface area contributed by atoms with E-state index < -0.39 is 5.82 Å². The van der Waals surface area contributed by atoms with Crippen LogP contribution in [0.25, 0.3) is 11.1 Å². The second-order valence-corrected chi connectivity index (χ2v) is 4.47. The number of rotatable bonds is 5. The van der Waals surface area contributed by atoms with E-state index in [9.17, 15) is 4.39 Å². The minimum atomic E-state index is -0.408. The summed E-state index contributed by atoms with van der Waals surface area (Å²) in [5.74, 6) is 0.431. The minimum absolute atomic E-state index is 0.126. The molecule has 0 unspecified atom stereocenters. The van der Waals surface area contributed by atoms with E-state index >= 15 is 0 Å². The fraction of sp³-hybridized carbons (Fsp3) is 0.286. The Morgan fingerprint density at radius 2 is 2.17 bits per heavy atom. The largest absolute Gasteiger partial charge is 0.467 e. The van der Waals surface area contributed by atoms with Crippen LogP contribution in [0.5, 0.6) is 0 Å². The quantitative estimate of drug-likeness (QED) is 0.820. The van der Waals surface area contributed by atoms with Gasteiger partial charge in [-0.2, -0.15) is 0 Å². The summed E-state index contributed by atoms with van der Waals surface area (Å²) in [6.45, 7) is 3.70. The zero-order chi connectivity index (χ0) is 13.0. The van der Waals surface area contributed by atoms with E-state index in [4.69, 9.17) is 16.0 Å². The molecule has 2 nitrogen and oxygen atoms in total. The lowest BCUT2D eigenvalue weighted by Gasteiger charge is -2.05. The molecule has 4 heteroatoms. The van der Waals surface area contributed by atoms with Crippen LogP contribution in [0.4, 0.5) is 4.39 Å². The van der Waals surface area contributed by atoms with Crippen LogP contribution in [0.3, 0.4) is 0 Å². The monoisotopic (exact) mass is 267 g/mol. The highest BCUT2D eigenvalue weighted by Gasteiger charge is 2.10. The minimum Gasteiger partial charge on any atom is -0.467 e. The number of hydrogen-bond donors (Lipinski definition) is 1. The fourth-order valence-corrected chi connectivity index (χ4v) is 1.96. The molecule has 0 aliphatic carbocycles. The van der Waals surface area contributed by atoms with Crippen molar-refractivity contribution >= 4 is 11.6 Å². The fourth-order valence-electron chi connectivity index (χ4n) is 1.78. The Bertz CT molecular complexity index is 524. The van der Waals surface area contributed by atoms with Crippen molar-refractivity contribution in [2.45, 2.75) is 19.9 Å². The van der Waals surface area contributed by atoms with Crippen LogP contribution in [0.15, 0.2) is 34.9 Å². The zero-order valence-corrected chi connectivity index (χ0v) is 10.9. The molecule has 1 heterocycles. The van der Waals surface area contributed by atoms with Gasteiger partial charge in [0.2, 0.25) is 0 Å². The van der Waals surface area contributed by atoms with Gasteiger partial charge in [0, 0.05) is 5.56 Å². The normalized spacial score (nSPS) is 10.8. The Labute approximate surface area is 111 Å². The molecule has 0 amide bonds. The molecule has 1 aromatic carbocycles. The molecule has 2 rings (SSSR count). The van der Waals surface area contributed by atoms with Gasteiger partial charge in [-0.1, -0.05) is 24.6 Å². The van der Waals surface area contributed by atoms with E-state index in [2.05, 4.69) is 12.2 Å². The van der Waals surface area contributed by atoms with Crippen molar-refractivity contribution in [1.29, 1.82) is 0 Å². The zero-order valence-electron chi connectivity index (χ0n) is 10.2. The first kappa shape index (κ1) is 13.1. The SMILES string of the molecule is CCCNCc1occc1-c1ccc(F)c(Cl)c1. The highest BCUT2D eigenvalue weighted by molar-refractivity contribution is 6.31. The smallest absolute Gasteiger partial charge is 0.141 e. The lowest BCUT2D eigenvalue weighted by Crippen LogP contribution is -2.13. The lowest BCUT2D eigenvalue weighted by molar-refractivity contribution is 0.484. The number of furan rings is 1. The Hall–Kier alpha value is -1.32. The predicted molar refractivity (Wildman–Crippen MR) is 71.1 cm³/mol. The second kappa shape index (κ2) is 6.03. The van der Waals surface area contributed by atoms with Crippen molar-refractivity contribution < 1.29 is 8.81 Å². The molecule has 1 aromatic heterocycles. The van der Waals surface area contributed by atoms with E-state index in [1.807, 2.05) is 6.07 Å². The molecule has 0 fully saturated rings. The first-order valence-electron chi connectivity index (χ1n) is 5.95. The van der Waals surface area contributed by atoms with E-state index in [0.717, 1.165) is 29.9 Å². The third-order valence-electron chi connectivity index (χ3n) is 2.69. The summed E-state index contributed by atoms with van der Waals surface area (Å²) in [4.78, 5) is 0. The molecule has 0 spiro atoms. The van der Waals surface area contributed by atoms with Crippen molar-refractivity contribution in [3.05, 3.63) is 47.1 Å². The molecule has 0 radical (unpaired) electrons. The second-order valence-electron chi connectivity index (χ2n) is 4.06. The van der Waals surface area contributed by atoms with Crippen LogP contribution in [-0.4, -0.2) is 6.54 Å². The maximum Gasteiger partial charge on any atom is 0.141 e. The van der Waals surface area contributed by atoms with Gasteiger partial charge in [-0.05, 0) is 36.7 Å². The third kappa shape index (κ3) is 2.92. The molecule has 96 valence electrons. The molecule has 0 aliphatic heterocycles. The molecule has 0 bridgehead atoms. The molecule has 0 saturated carbocycles. The first-order chi connectivity index (χ1) is 8.72. The Morgan fingerprint density at radius 1 is 1.33 bits per heavy atom.